The van der Waals surface area contributed by atoms with Crippen molar-refractivity contribution in [3.05, 3.63) is 17.0 Å². The van der Waals surface area contributed by atoms with E-state index in [1.807, 2.05) is 7.05 Å². The lowest BCUT2D eigenvalue weighted by Gasteiger charge is -2.25. The zero-order chi connectivity index (χ0) is 17.8. The minimum Gasteiger partial charge on any atom is -0.481 e. The second-order valence-corrected chi connectivity index (χ2v) is 7.29. The average Bonchev–Trinajstić information content (AvgIpc) is 3.15. The van der Waals surface area contributed by atoms with E-state index in [-0.39, 0.29) is 24.4 Å². The highest BCUT2D eigenvalue weighted by Crippen LogP contribution is 2.24. The van der Waals surface area contributed by atoms with Crippen molar-refractivity contribution in [2.24, 2.45) is 0 Å². The molecule has 0 unspecified atom stereocenters. The highest BCUT2D eigenvalue weighted by atomic mass is 16.4. The predicted molar refractivity (Wildman–Crippen MR) is 93.4 cm³/mol. The van der Waals surface area contributed by atoms with E-state index in [2.05, 4.69) is 20.4 Å². The fourth-order valence-corrected chi connectivity index (χ4v) is 4.09. The number of aromatic amines is 1. The summed E-state index contributed by atoms with van der Waals surface area (Å²) in [6.07, 6.45) is 7.67. The molecule has 25 heavy (non-hydrogen) atoms. The fourth-order valence-electron chi connectivity index (χ4n) is 4.09. The van der Waals surface area contributed by atoms with E-state index < -0.39 is 5.97 Å². The lowest BCUT2D eigenvalue weighted by molar-refractivity contribution is -0.138. The fraction of sp³-hybridized carbons (Fsp3) is 0.722. The van der Waals surface area contributed by atoms with Crippen LogP contribution in [0, 0.1) is 0 Å². The molecule has 7 nitrogen and oxygen atoms in total. The molecule has 0 aromatic carbocycles. The summed E-state index contributed by atoms with van der Waals surface area (Å²) in [7, 11) is 1.95. The predicted octanol–water partition coefficient (Wildman–Crippen LogP) is 1.27. The zero-order valence-corrected chi connectivity index (χ0v) is 14.9. The highest BCUT2D eigenvalue weighted by molar-refractivity contribution is 5.76. The number of likely N-dealkylation sites (tertiary alicyclic amines) is 1. The van der Waals surface area contributed by atoms with Crippen LogP contribution in [0.2, 0.25) is 0 Å². The first-order valence-electron chi connectivity index (χ1n) is 9.30. The Morgan fingerprint density at radius 1 is 1.28 bits per heavy atom. The molecule has 2 atom stereocenters. The molecule has 7 heteroatoms. The maximum Gasteiger partial charge on any atom is 0.304 e. The topological polar surface area (TPSA) is 98.3 Å². The molecule has 0 spiro atoms. The average molecular weight is 348 g/mol. The van der Waals surface area contributed by atoms with Gasteiger partial charge < -0.3 is 10.4 Å². The maximum absolute atomic E-state index is 12.2. The first-order valence-corrected chi connectivity index (χ1v) is 9.30. The minimum atomic E-state index is -0.760. The third-order valence-corrected chi connectivity index (χ3v) is 5.66. The molecule has 1 aliphatic heterocycles. The van der Waals surface area contributed by atoms with Crippen LogP contribution < -0.4 is 5.32 Å². The number of carbonyl (C=O) groups is 2. The summed E-state index contributed by atoms with van der Waals surface area (Å²) in [5.74, 6) is -0.716. The number of nitrogens with zero attached hydrogens (tertiary/aromatic N) is 2. The van der Waals surface area contributed by atoms with E-state index in [1.54, 1.807) is 0 Å². The van der Waals surface area contributed by atoms with Gasteiger partial charge >= 0.3 is 5.97 Å². The van der Waals surface area contributed by atoms with E-state index in [0.717, 1.165) is 31.4 Å². The molecule has 1 aliphatic carbocycles. The van der Waals surface area contributed by atoms with Crippen LogP contribution in [0.1, 0.15) is 55.5 Å². The Balaban J connectivity index is 1.41. The van der Waals surface area contributed by atoms with Crippen LogP contribution in [0.3, 0.4) is 0 Å². The number of carboxylic acids is 1. The monoisotopic (exact) mass is 348 g/mol. The van der Waals surface area contributed by atoms with Crippen molar-refractivity contribution in [3.8, 4) is 0 Å². The first kappa shape index (κ1) is 17.9. The second-order valence-electron chi connectivity index (χ2n) is 7.29. The Labute approximate surface area is 148 Å². The van der Waals surface area contributed by atoms with Crippen LogP contribution in [0.4, 0.5) is 0 Å². The Kier molecular flexibility index (Phi) is 5.73. The smallest absolute Gasteiger partial charge is 0.304 e. The van der Waals surface area contributed by atoms with Gasteiger partial charge in [0.05, 0.1) is 12.1 Å². The summed E-state index contributed by atoms with van der Waals surface area (Å²) in [5, 5.41) is 19.4. The summed E-state index contributed by atoms with van der Waals surface area (Å²) >= 11 is 0. The molecule has 0 radical (unpaired) electrons. The summed E-state index contributed by atoms with van der Waals surface area (Å²) < 4.78 is 0. The number of aryl methyl sites for hydroxylation is 2. The molecule has 2 heterocycles. The number of carbonyl (C=O) groups excluding carboxylic acids is 1. The van der Waals surface area contributed by atoms with Crippen LogP contribution in [-0.4, -0.2) is 57.8 Å². The van der Waals surface area contributed by atoms with Crippen molar-refractivity contribution < 1.29 is 14.7 Å². The number of aromatic nitrogens is 2. The van der Waals surface area contributed by atoms with Crippen molar-refractivity contribution in [1.82, 2.24) is 20.4 Å². The van der Waals surface area contributed by atoms with Crippen molar-refractivity contribution in [1.29, 1.82) is 0 Å². The normalized spacial score (nSPS) is 23.4. The number of nitrogens with one attached hydrogen (secondary N) is 2. The molecular formula is C18H28N4O3. The molecule has 1 amide bonds. The van der Waals surface area contributed by atoms with Gasteiger partial charge in [-0.05, 0) is 51.1 Å². The van der Waals surface area contributed by atoms with Gasteiger partial charge in [-0.15, -0.1) is 0 Å². The summed E-state index contributed by atoms with van der Waals surface area (Å²) in [6, 6.07) is 0.307. The number of hydrogen-bond donors (Lipinski definition) is 3. The lowest BCUT2D eigenvalue weighted by Crippen LogP contribution is -2.41. The van der Waals surface area contributed by atoms with E-state index >= 15 is 0 Å². The number of H-pyrrole nitrogens is 1. The number of carboxylic acid groups (broad SMARTS) is 1. The molecule has 0 bridgehead atoms. The standard InChI is InChI=1S/C18H28N4O3/c1-22-12(10-18(24)25)6-7-13(22)11-19-17(23)9-8-16-14-4-2-3-5-15(14)20-21-16/h12-13H,2-11H2,1H3,(H,19,23)(H,20,21)(H,24,25)/t12-,13+/m1/s1. The highest BCUT2D eigenvalue weighted by Gasteiger charge is 2.31. The van der Waals surface area contributed by atoms with Gasteiger partial charge in [-0.1, -0.05) is 0 Å². The van der Waals surface area contributed by atoms with Gasteiger partial charge in [0.1, 0.15) is 0 Å². The molecular weight excluding hydrogens is 320 g/mol. The Morgan fingerprint density at radius 3 is 2.84 bits per heavy atom. The number of hydrogen-bond acceptors (Lipinski definition) is 4. The molecule has 3 rings (SSSR count). The molecule has 2 aliphatic rings. The minimum absolute atomic E-state index is 0.0441. The van der Waals surface area contributed by atoms with Crippen molar-refractivity contribution in [3.63, 3.8) is 0 Å². The number of likely N-dealkylation sites (N-methyl/N-ethyl adjacent to an activating group) is 1. The molecule has 3 N–H and O–H groups in total. The van der Waals surface area contributed by atoms with Gasteiger partial charge in [0.2, 0.25) is 5.91 Å². The molecule has 1 aromatic rings. The van der Waals surface area contributed by atoms with Crippen LogP contribution in [-0.2, 0) is 28.9 Å². The zero-order valence-electron chi connectivity index (χ0n) is 14.9. The van der Waals surface area contributed by atoms with Gasteiger partial charge in [-0.2, -0.15) is 5.10 Å². The third-order valence-electron chi connectivity index (χ3n) is 5.66. The Bertz CT molecular complexity index is 628. The van der Waals surface area contributed by atoms with E-state index in [1.165, 1.54) is 24.1 Å². The van der Waals surface area contributed by atoms with Crippen molar-refractivity contribution in [2.45, 2.75) is 69.9 Å². The van der Waals surface area contributed by atoms with E-state index in [9.17, 15) is 9.59 Å². The molecule has 0 saturated carbocycles. The van der Waals surface area contributed by atoms with E-state index in [0.29, 0.717) is 19.4 Å². The van der Waals surface area contributed by atoms with Gasteiger partial charge in [-0.3, -0.25) is 19.6 Å². The van der Waals surface area contributed by atoms with Gasteiger partial charge in [-0.25, -0.2) is 0 Å². The van der Waals surface area contributed by atoms with Gasteiger partial charge in [0, 0.05) is 37.2 Å². The van der Waals surface area contributed by atoms with Crippen LogP contribution >= 0.6 is 0 Å². The van der Waals surface area contributed by atoms with Gasteiger partial charge in [0.25, 0.3) is 0 Å². The Morgan fingerprint density at radius 2 is 2.04 bits per heavy atom. The van der Waals surface area contributed by atoms with Crippen LogP contribution in [0.15, 0.2) is 0 Å². The SMILES string of the molecule is CN1[C@@H](CC(=O)O)CC[C@H]1CNC(=O)CCc1n[nH]c2c1CCCC2. The largest absolute Gasteiger partial charge is 0.481 e. The maximum atomic E-state index is 12.2. The van der Waals surface area contributed by atoms with Crippen LogP contribution in [0.25, 0.3) is 0 Å². The van der Waals surface area contributed by atoms with Crippen LogP contribution in [0.5, 0.6) is 0 Å². The number of amides is 1. The van der Waals surface area contributed by atoms with Crippen molar-refractivity contribution >= 4 is 11.9 Å². The third kappa shape index (κ3) is 4.39. The number of aliphatic carboxylic acids is 1. The quantitative estimate of drug-likeness (QED) is 0.689. The molecule has 1 fully saturated rings. The summed E-state index contributed by atoms with van der Waals surface area (Å²) in [6.45, 7) is 0.587. The lowest BCUT2D eigenvalue weighted by atomic mass is 9.94. The van der Waals surface area contributed by atoms with Gasteiger partial charge in [0.15, 0.2) is 0 Å². The second kappa shape index (κ2) is 7.99. The molecule has 138 valence electrons. The van der Waals surface area contributed by atoms with E-state index in [4.69, 9.17) is 5.11 Å². The first-order chi connectivity index (χ1) is 12.0. The Hall–Kier alpha value is -1.89. The summed E-state index contributed by atoms with van der Waals surface area (Å²) in [5.41, 5.74) is 3.62. The number of rotatable bonds is 7. The molecule has 1 saturated heterocycles. The van der Waals surface area contributed by atoms with Crippen molar-refractivity contribution in [2.75, 3.05) is 13.6 Å². The number of fused-ring (bicyclic) bond motifs is 1. The summed E-state index contributed by atoms with van der Waals surface area (Å²) in [4.78, 5) is 25.1. The molecule has 1 aromatic heterocycles.